The van der Waals surface area contributed by atoms with Gasteiger partial charge in [-0.15, -0.1) is 0 Å². The molecule has 0 aliphatic heterocycles. The van der Waals surface area contributed by atoms with E-state index in [9.17, 15) is 14.7 Å². The fourth-order valence-corrected chi connectivity index (χ4v) is 0.977. The molecule has 5 N–H and O–H groups in total. The predicted octanol–water partition coefficient (Wildman–Crippen LogP) is -0.965. The molecule has 1 unspecified atom stereocenters. The van der Waals surface area contributed by atoms with Gasteiger partial charge in [-0.25, -0.2) is 0 Å². The summed E-state index contributed by atoms with van der Waals surface area (Å²) in [5, 5.41) is 17.7. The highest BCUT2D eigenvalue weighted by Gasteiger charge is 2.15. The molecule has 0 spiro atoms. The first-order chi connectivity index (χ1) is 6.52. The molecule has 0 radical (unpaired) electrons. The van der Waals surface area contributed by atoms with Gasteiger partial charge in [0.25, 0.3) is 0 Å². The van der Waals surface area contributed by atoms with Crippen molar-refractivity contribution in [1.82, 2.24) is 4.98 Å². The Bertz CT molecular complexity index is 399. The van der Waals surface area contributed by atoms with Crippen molar-refractivity contribution in [1.29, 1.82) is 0 Å². The summed E-state index contributed by atoms with van der Waals surface area (Å²) in [5.74, 6) is -1.67. The maximum absolute atomic E-state index is 10.9. The van der Waals surface area contributed by atoms with E-state index in [1.54, 1.807) is 0 Å². The summed E-state index contributed by atoms with van der Waals surface area (Å²) in [7, 11) is 0. The van der Waals surface area contributed by atoms with Gasteiger partial charge in [0.05, 0.1) is 5.69 Å². The summed E-state index contributed by atoms with van der Waals surface area (Å²) in [6.07, 6.45) is 1.21. The molecule has 6 nitrogen and oxygen atoms in total. The number of aromatic amines is 1. The summed E-state index contributed by atoms with van der Waals surface area (Å²) >= 11 is 0. The number of nitrogens with two attached hydrogens (primary N) is 1. The van der Waals surface area contributed by atoms with Crippen molar-refractivity contribution < 1.29 is 15.0 Å². The van der Waals surface area contributed by atoms with Crippen LogP contribution in [0.1, 0.15) is 5.69 Å². The molecule has 0 fully saturated rings. The predicted molar refractivity (Wildman–Crippen MR) is 48.0 cm³/mol. The van der Waals surface area contributed by atoms with Gasteiger partial charge < -0.3 is 20.9 Å². The molecule has 1 aromatic rings. The zero-order valence-electron chi connectivity index (χ0n) is 7.23. The summed E-state index contributed by atoms with van der Waals surface area (Å²) in [4.78, 5) is 23.9. The molecule has 0 aromatic carbocycles. The van der Waals surface area contributed by atoms with Crippen molar-refractivity contribution in [3.05, 3.63) is 28.2 Å². The minimum absolute atomic E-state index is 0.114. The van der Waals surface area contributed by atoms with Crippen molar-refractivity contribution in [3.63, 3.8) is 0 Å². The highest BCUT2D eigenvalue weighted by atomic mass is 16.4. The summed E-state index contributed by atoms with van der Waals surface area (Å²) in [6.45, 7) is 0. The first-order valence-corrected chi connectivity index (χ1v) is 3.90. The van der Waals surface area contributed by atoms with Gasteiger partial charge in [-0.3, -0.25) is 9.59 Å². The lowest BCUT2D eigenvalue weighted by Crippen LogP contribution is -2.32. The van der Waals surface area contributed by atoms with Gasteiger partial charge in [-0.2, -0.15) is 0 Å². The number of aromatic nitrogens is 1. The molecule has 0 aliphatic carbocycles. The van der Waals surface area contributed by atoms with Crippen LogP contribution in [0.3, 0.4) is 0 Å². The topological polar surface area (TPSA) is 116 Å². The molecular weight excluding hydrogens is 188 g/mol. The van der Waals surface area contributed by atoms with E-state index in [2.05, 4.69) is 4.98 Å². The minimum atomic E-state index is -1.19. The van der Waals surface area contributed by atoms with Gasteiger partial charge in [0, 0.05) is 18.7 Å². The molecule has 0 saturated heterocycles. The normalized spacial score (nSPS) is 12.4. The lowest BCUT2D eigenvalue weighted by atomic mass is 10.1. The van der Waals surface area contributed by atoms with Gasteiger partial charge >= 0.3 is 5.97 Å². The maximum atomic E-state index is 10.9. The SMILES string of the molecule is NC(Cc1[nH]ccc(=O)c1O)C(=O)O. The second-order valence-corrected chi connectivity index (χ2v) is 2.82. The van der Waals surface area contributed by atoms with Crippen molar-refractivity contribution in [2.24, 2.45) is 5.73 Å². The number of carboxylic acids is 1. The summed E-state index contributed by atoms with van der Waals surface area (Å²) in [5.41, 5.74) is 4.81. The van der Waals surface area contributed by atoms with Crippen molar-refractivity contribution in [2.75, 3.05) is 0 Å². The molecule has 0 bridgehead atoms. The first-order valence-electron chi connectivity index (χ1n) is 3.90. The number of carbonyl (C=O) groups is 1. The number of aromatic hydroxyl groups is 1. The van der Waals surface area contributed by atoms with Crippen LogP contribution in [-0.2, 0) is 11.2 Å². The molecular formula is C8H10N2O4. The van der Waals surface area contributed by atoms with Gasteiger partial charge in [-0.05, 0) is 0 Å². The van der Waals surface area contributed by atoms with E-state index in [0.29, 0.717) is 0 Å². The number of H-pyrrole nitrogens is 1. The smallest absolute Gasteiger partial charge is 0.320 e. The largest absolute Gasteiger partial charge is 0.503 e. The van der Waals surface area contributed by atoms with Crippen LogP contribution in [0.15, 0.2) is 17.1 Å². The van der Waals surface area contributed by atoms with Crippen LogP contribution in [-0.4, -0.2) is 27.2 Å². The Morgan fingerprint density at radius 1 is 1.64 bits per heavy atom. The van der Waals surface area contributed by atoms with Crippen LogP contribution in [0.5, 0.6) is 5.75 Å². The van der Waals surface area contributed by atoms with Gasteiger partial charge in [-0.1, -0.05) is 0 Å². The molecule has 0 aliphatic rings. The van der Waals surface area contributed by atoms with Crippen LogP contribution in [0.25, 0.3) is 0 Å². The minimum Gasteiger partial charge on any atom is -0.503 e. The number of rotatable bonds is 3. The van der Waals surface area contributed by atoms with E-state index >= 15 is 0 Å². The highest BCUT2D eigenvalue weighted by molar-refractivity contribution is 5.73. The summed E-state index contributed by atoms with van der Waals surface area (Å²) < 4.78 is 0. The van der Waals surface area contributed by atoms with E-state index in [1.807, 2.05) is 0 Å². The Balaban J connectivity index is 2.92. The Morgan fingerprint density at radius 2 is 2.29 bits per heavy atom. The molecule has 1 rings (SSSR count). The van der Waals surface area contributed by atoms with Crippen LogP contribution in [0.4, 0.5) is 0 Å². The van der Waals surface area contributed by atoms with Crippen molar-refractivity contribution in [2.45, 2.75) is 12.5 Å². The van der Waals surface area contributed by atoms with Crippen LogP contribution < -0.4 is 11.2 Å². The summed E-state index contributed by atoms with van der Waals surface area (Å²) in [6, 6.07) is 0.00411. The standard InChI is InChI=1S/C8H10N2O4/c9-4(8(13)14)3-5-7(12)6(11)1-2-10-5/h1-2,4,12H,3,9H2,(H,10,11)(H,13,14). The lowest BCUT2D eigenvalue weighted by Gasteiger charge is -2.06. The Hall–Kier alpha value is -1.82. The number of pyridine rings is 1. The molecule has 1 atom stereocenters. The molecule has 14 heavy (non-hydrogen) atoms. The highest BCUT2D eigenvalue weighted by Crippen LogP contribution is 2.08. The third-order valence-corrected chi connectivity index (χ3v) is 1.75. The third kappa shape index (κ3) is 2.11. The number of hydrogen-bond donors (Lipinski definition) is 4. The fraction of sp³-hybridized carbons (Fsp3) is 0.250. The van der Waals surface area contributed by atoms with E-state index in [4.69, 9.17) is 10.8 Å². The van der Waals surface area contributed by atoms with Crippen LogP contribution in [0.2, 0.25) is 0 Å². The number of hydrogen-bond acceptors (Lipinski definition) is 4. The first kappa shape index (κ1) is 10.3. The molecule has 0 amide bonds. The lowest BCUT2D eigenvalue weighted by molar-refractivity contribution is -0.138. The van der Waals surface area contributed by atoms with E-state index in [1.165, 1.54) is 6.20 Å². The molecule has 0 saturated carbocycles. The Labute approximate surface area is 79.0 Å². The number of aliphatic carboxylic acids is 1. The third-order valence-electron chi connectivity index (χ3n) is 1.75. The van der Waals surface area contributed by atoms with Gasteiger partial charge in [0.1, 0.15) is 6.04 Å². The second kappa shape index (κ2) is 3.93. The van der Waals surface area contributed by atoms with Gasteiger partial charge in [0.15, 0.2) is 5.75 Å². The Morgan fingerprint density at radius 3 is 2.86 bits per heavy atom. The molecule has 1 heterocycles. The van der Waals surface area contributed by atoms with Crippen LogP contribution in [0, 0.1) is 0 Å². The molecule has 76 valence electrons. The van der Waals surface area contributed by atoms with E-state index in [-0.39, 0.29) is 12.1 Å². The van der Waals surface area contributed by atoms with Crippen LogP contribution >= 0.6 is 0 Å². The number of nitrogens with one attached hydrogen (secondary N) is 1. The van der Waals surface area contributed by atoms with E-state index in [0.717, 1.165) is 6.07 Å². The van der Waals surface area contributed by atoms with E-state index < -0.39 is 23.2 Å². The average molecular weight is 198 g/mol. The van der Waals surface area contributed by atoms with Gasteiger partial charge in [0.2, 0.25) is 5.43 Å². The average Bonchev–Trinajstić information content (AvgIpc) is 2.12. The van der Waals surface area contributed by atoms with Crippen molar-refractivity contribution >= 4 is 5.97 Å². The maximum Gasteiger partial charge on any atom is 0.320 e. The second-order valence-electron chi connectivity index (χ2n) is 2.82. The number of carboxylic acid groups (broad SMARTS) is 1. The van der Waals surface area contributed by atoms with Crippen molar-refractivity contribution in [3.8, 4) is 5.75 Å². The zero-order valence-corrected chi connectivity index (χ0v) is 7.23. The quantitative estimate of drug-likeness (QED) is 0.498. The monoisotopic (exact) mass is 198 g/mol. The zero-order chi connectivity index (χ0) is 10.7. The molecule has 6 heteroatoms. The fourth-order valence-electron chi connectivity index (χ4n) is 0.977. The molecule has 1 aromatic heterocycles. The Kier molecular flexibility index (Phi) is 2.88.